The summed E-state index contributed by atoms with van der Waals surface area (Å²) >= 11 is 0. The number of rotatable bonds is 5. The van der Waals surface area contributed by atoms with Crippen molar-refractivity contribution in [3.05, 3.63) is 29.8 Å². The van der Waals surface area contributed by atoms with Crippen LogP contribution in [0.4, 0.5) is 8.78 Å². The van der Waals surface area contributed by atoms with Crippen molar-refractivity contribution < 1.29 is 23.0 Å². The van der Waals surface area contributed by atoms with Crippen molar-refractivity contribution in [3.8, 4) is 5.75 Å². The van der Waals surface area contributed by atoms with Crippen LogP contribution in [0.25, 0.3) is 0 Å². The van der Waals surface area contributed by atoms with Gasteiger partial charge in [0, 0.05) is 0 Å². The van der Waals surface area contributed by atoms with Gasteiger partial charge >= 0.3 is 11.9 Å². The van der Waals surface area contributed by atoms with Crippen LogP contribution < -0.4 is 10.5 Å². The molecule has 0 saturated heterocycles. The molecule has 1 rings (SSSR count). The fraction of sp³-hybridized carbons (Fsp3) is 0.533. The van der Waals surface area contributed by atoms with E-state index < -0.39 is 23.5 Å². The summed E-state index contributed by atoms with van der Waals surface area (Å²) in [5, 5.41) is 0. The second-order valence-corrected chi connectivity index (χ2v) is 5.60. The fourth-order valence-corrected chi connectivity index (χ4v) is 1.66. The lowest BCUT2D eigenvalue weighted by Gasteiger charge is -2.23. The molecule has 7 heteroatoms. The van der Waals surface area contributed by atoms with Crippen LogP contribution in [0, 0.1) is 0 Å². The Morgan fingerprint density at radius 1 is 1.23 bits per heavy atom. The predicted octanol–water partition coefficient (Wildman–Crippen LogP) is 3.48. The number of ether oxygens (including phenoxy) is 2. The first kappa shape index (κ1) is 20.6. The van der Waals surface area contributed by atoms with Crippen LogP contribution in [0.15, 0.2) is 24.3 Å². The molecule has 1 aromatic rings. The number of hydrogen-bond acceptors (Lipinski definition) is 4. The third kappa shape index (κ3) is 5.42. The van der Waals surface area contributed by atoms with Crippen LogP contribution in [-0.2, 0) is 9.53 Å². The number of alkyl halides is 2. The minimum atomic E-state index is -3.78. The zero-order chi connectivity index (χ0) is 16.3. The molecule has 0 aliphatic rings. The molecular formula is C15H22ClF2NO3. The highest BCUT2D eigenvalue weighted by Gasteiger charge is 2.47. The van der Waals surface area contributed by atoms with Crippen LogP contribution in [-0.4, -0.2) is 24.1 Å². The quantitative estimate of drug-likeness (QED) is 0.835. The van der Waals surface area contributed by atoms with Crippen molar-refractivity contribution in [3.63, 3.8) is 0 Å². The maximum atomic E-state index is 13.8. The molecule has 2 N–H and O–H groups in total. The van der Waals surface area contributed by atoms with Crippen LogP contribution >= 0.6 is 12.4 Å². The molecule has 0 aromatic heterocycles. The SMILES string of the molecule is CCOC(=O)C(F)(F)[C@H](N)c1ccc(OC(C)(C)C)cc1.Cl. The highest BCUT2D eigenvalue weighted by Crippen LogP contribution is 2.31. The van der Waals surface area contributed by atoms with Gasteiger partial charge in [0.1, 0.15) is 17.4 Å². The number of hydrogen-bond donors (Lipinski definition) is 1. The van der Waals surface area contributed by atoms with Crippen molar-refractivity contribution in [1.82, 2.24) is 0 Å². The standard InChI is InChI=1S/C15H21F2NO3.ClH/c1-5-20-13(19)15(16,17)12(18)10-6-8-11(9-7-10)21-14(2,3)4;/h6-9,12H,5,18H2,1-4H3;1H/t12-;/m1./s1. The van der Waals surface area contributed by atoms with Crippen molar-refractivity contribution >= 4 is 18.4 Å². The van der Waals surface area contributed by atoms with E-state index in [1.165, 1.54) is 19.1 Å². The molecule has 0 heterocycles. The second kappa shape index (κ2) is 7.74. The van der Waals surface area contributed by atoms with Crippen LogP contribution in [0.2, 0.25) is 0 Å². The summed E-state index contributed by atoms with van der Waals surface area (Å²) in [6.07, 6.45) is 0. The van der Waals surface area contributed by atoms with Gasteiger partial charge in [-0.1, -0.05) is 12.1 Å². The molecule has 1 atom stereocenters. The Morgan fingerprint density at radius 2 is 1.73 bits per heavy atom. The Labute approximate surface area is 135 Å². The lowest BCUT2D eigenvalue weighted by atomic mass is 10.0. The number of benzene rings is 1. The zero-order valence-electron chi connectivity index (χ0n) is 13.1. The van der Waals surface area contributed by atoms with E-state index in [2.05, 4.69) is 4.74 Å². The summed E-state index contributed by atoms with van der Waals surface area (Å²) in [5.41, 5.74) is 5.23. The Morgan fingerprint density at radius 3 is 2.14 bits per heavy atom. The average Bonchev–Trinajstić information content (AvgIpc) is 2.37. The van der Waals surface area contributed by atoms with E-state index in [0.717, 1.165) is 0 Å². The molecule has 0 unspecified atom stereocenters. The van der Waals surface area contributed by atoms with Gasteiger partial charge in [-0.25, -0.2) is 4.79 Å². The summed E-state index contributed by atoms with van der Waals surface area (Å²) in [6.45, 7) is 6.96. The third-order valence-electron chi connectivity index (χ3n) is 2.60. The molecule has 4 nitrogen and oxygen atoms in total. The Hall–Kier alpha value is -1.40. The van der Waals surface area contributed by atoms with Gasteiger partial charge in [0.2, 0.25) is 0 Å². The molecule has 0 aliphatic heterocycles. The molecular weight excluding hydrogens is 316 g/mol. The highest BCUT2D eigenvalue weighted by atomic mass is 35.5. The van der Waals surface area contributed by atoms with Gasteiger partial charge in [0.25, 0.3) is 0 Å². The van der Waals surface area contributed by atoms with E-state index >= 15 is 0 Å². The molecule has 0 spiro atoms. The largest absolute Gasteiger partial charge is 0.488 e. The summed E-state index contributed by atoms with van der Waals surface area (Å²) in [7, 11) is 0. The van der Waals surface area contributed by atoms with E-state index in [1.54, 1.807) is 12.1 Å². The zero-order valence-corrected chi connectivity index (χ0v) is 13.9. The average molecular weight is 338 g/mol. The molecule has 0 aliphatic carbocycles. The van der Waals surface area contributed by atoms with Gasteiger partial charge in [-0.15, -0.1) is 12.4 Å². The minimum absolute atomic E-state index is 0. The van der Waals surface area contributed by atoms with Gasteiger partial charge in [-0.05, 0) is 45.4 Å². The van der Waals surface area contributed by atoms with Crippen molar-refractivity contribution in [2.75, 3.05) is 6.61 Å². The van der Waals surface area contributed by atoms with E-state index in [0.29, 0.717) is 5.75 Å². The van der Waals surface area contributed by atoms with E-state index in [1.807, 2.05) is 20.8 Å². The first-order chi connectivity index (χ1) is 9.58. The monoisotopic (exact) mass is 337 g/mol. The number of esters is 1. The molecule has 0 radical (unpaired) electrons. The van der Waals surface area contributed by atoms with E-state index in [4.69, 9.17) is 10.5 Å². The number of halogens is 3. The highest BCUT2D eigenvalue weighted by molar-refractivity contribution is 5.85. The molecule has 0 fully saturated rings. The van der Waals surface area contributed by atoms with Gasteiger partial charge in [0.15, 0.2) is 0 Å². The summed E-state index contributed by atoms with van der Waals surface area (Å²) < 4.78 is 37.6. The Bertz CT molecular complexity index is 487. The summed E-state index contributed by atoms with van der Waals surface area (Å²) in [5.74, 6) is -4.85. The molecule has 22 heavy (non-hydrogen) atoms. The fourth-order valence-electron chi connectivity index (χ4n) is 1.66. The Balaban J connectivity index is 0.00000441. The normalized spacial score (nSPS) is 13.0. The molecule has 0 bridgehead atoms. The smallest absolute Gasteiger partial charge is 0.379 e. The van der Waals surface area contributed by atoms with Crippen LogP contribution in [0.5, 0.6) is 5.75 Å². The number of carbonyl (C=O) groups excluding carboxylic acids is 1. The van der Waals surface area contributed by atoms with Crippen molar-refractivity contribution in [2.24, 2.45) is 5.73 Å². The number of nitrogens with two attached hydrogens (primary N) is 1. The molecule has 0 amide bonds. The molecule has 0 saturated carbocycles. The van der Waals surface area contributed by atoms with Crippen molar-refractivity contribution in [2.45, 2.75) is 45.3 Å². The first-order valence-corrected chi connectivity index (χ1v) is 6.67. The van der Waals surface area contributed by atoms with E-state index in [9.17, 15) is 13.6 Å². The van der Waals surface area contributed by atoms with Gasteiger partial charge in [0.05, 0.1) is 6.61 Å². The minimum Gasteiger partial charge on any atom is -0.488 e. The summed E-state index contributed by atoms with van der Waals surface area (Å²) in [4.78, 5) is 11.3. The second-order valence-electron chi connectivity index (χ2n) is 5.60. The van der Waals surface area contributed by atoms with Gasteiger partial charge in [-0.2, -0.15) is 8.78 Å². The van der Waals surface area contributed by atoms with Crippen molar-refractivity contribution in [1.29, 1.82) is 0 Å². The van der Waals surface area contributed by atoms with Crippen LogP contribution in [0.3, 0.4) is 0 Å². The molecule has 126 valence electrons. The van der Waals surface area contributed by atoms with Gasteiger partial charge in [-0.3, -0.25) is 0 Å². The van der Waals surface area contributed by atoms with E-state index in [-0.39, 0.29) is 24.6 Å². The Kier molecular flexibility index (Phi) is 7.25. The lowest BCUT2D eigenvalue weighted by Crippen LogP contribution is -2.41. The van der Waals surface area contributed by atoms with Crippen LogP contribution in [0.1, 0.15) is 39.3 Å². The first-order valence-electron chi connectivity index (χ1n) is 6.67. The maximum Gasteiger partial charge on any atom is 0.379 e. The predicted molar refractivity (Wildman–Crippen MR) is 82.6 cm³/mol. The number of carbonyl (C=O) groups is 1. The molecule has 1 aromatic carbocycles. The lowest BCUT2D eigenvalue weighted by molar-refractivity contribution is -0.174. The maximum absolute atomic E-state index is 13.8. The van der Waals surface area contributed by atoms with Gasteiger partial charge < -0.3 is 15.2 Å². The third-order valence-corrected chi connectivity index (χ3v) is 2.60. The summed E-state index contributed by atoms with van der Waals surface area (Å²) in [6, 6.07) is 4.15. The topological polar surface area (TPSA) is 61.5 Å².